The van der Waals surface area contributed by atoms with Crippen LogP contribution in [0.5, 0.6) is 0 Å². The van der Waals surface area contributed by atoms with Crippen LogP contribution < -0.4 is 10.2 Å². The zero-order chi connectivity index (χ0) is 25.5. The van der Waals surface area contributed by atoms with Crippen LogP contribution in [0.1, 0.15) is 28.4 Å². The molecule has 1 heterocycles. The van der Waals surface area contributed by atoms with Crippen LogP contribution in [0.2, 0.25) is 5.02 Å². The van der Waals surface area contributed by atoms with Crippen molar-refractivity contribution in [2.45, 2.75) is 29.9 Å². The van der Waals surface area contributed by atoms with E-state index < -0.39 is 58.7 Å². The molecule has 35 heavy (non-hydrogen) atoms. The SMILES string of the molecule is CC1(F)Sc2ccc(C(=O)NCc3c(F)cc(F)cc3F)cc2N(Cc2c(F)cccc2Cl)C1=O. The third kappa shape index (κ3) is 4.99. The van der Waals surface area contributed by atoms with E-state index >= 15 is 4.39 Å². The van der Waals surface area contributed by atoms with Crippen LogP contribution in [0.15, 0.2) is 53.4 Å². The number of halogens is 6. The number of rotatable bonds is 5. The van der Waals surface area contributed by atoms with Crippen LogP contribution in [0.25, 0.3) is 0 Å². The van der Waals surface area contributed by atoms with Gasteiger partial charge in [-0.15, -0.1) is 0 Å². The highest BCUT2D eigenvalue weighted by molar-refractivity contribution is 8.01. The molecule has 182 valence electrons. The van der Waals surface area contributed by atoms with Crippen LogP contribution >= 0.6 is 23.4 Å². The van der Waals surface area contributed by atoms with Crippen LogP contribution in [0, 0.1) is 23.3 Å². The number of nitrogens with zero attached hydrogens (tertiary/aromatic N) is 1. The molecule has 0 aromatic heterocycles. The van der Waals surface area contributed by atoms with E-state index in [9.17, 15) is 27.2 Å². The van der Waals surface area contributed by atoms with Gasteiger partial charge in [0.25, 0.3) is 11.8 Å². The summed E-state index contributed by atoms with van der Waals surface area (Å²) in [6.45, 7) is 0.110. The van der Waals surface area contributed by atoms with Gasteiger partial charge in [-0.1, -0.05) is 29.4 Å². The van der Waals surface area contributed by atoms with Crippen molar-refractivity contribution >= 4 is 40.9 Å². The van der Waals surface area contributed by atoms with Crippen molar-refractivity contribution in [2.24, 2.45) is 0 Å². The zero-order valence-corrected chi connectivity index (χ0v) is 19.5. The quantitative estimate of drug-likeness (QED) is 0.406. The fourth-order valence-electron chi connectivity index (χ4n) is 3.57. The lowest BCUT2D eigenvalue weighted by atomic mass is 10.1. The molecule has 0 spiro atoms. The van der Waals surface area contributed by atoms with Crippen molar-refractivity contribution in [3.8, 4) is 0 Å². The van der Waals surface area contributed by atoms with E-state index in [1.165, 1.54) is 30.3 Å². The maximum Gasteiger partial charge on any atom is 0.275 e. The van der Waals surface area contributed by atoms with E-state index in [0.29, 0.717) is 28.8 Å². The Balaban J connectivity index is 1.65. The van der Waals surface area contributed by atoms with Crippen molar-refractivity contribution in [3.05, 3.63) is 93.5 Å². The number of carbonyl (C=O) groups is 2. The highest BCUT2D eigenvalue weighted by atomic mass is 35.5. The van der Waals surface area contributed by atoms with Gasteiger partial charge in [-0.25, -0.2) is 22.0 Å². The first-order chi connectivity index (χ1) is 16.5. The Morgan fingerprint density at radius 2 is 1.71 bits per heavy atom. The van der Waals surface area contributed by atoms with Gasteiger partial charge in [0, 0.05) is 45.3 Å². The first-order valence-corrected chi connectivity index (χ1v) is 11.4. The summed E-state index contributed by atoms with van der Waals surface area (Å²) in [6.07, 6.45) is 0. The first kappa shape index (κ1) is 25.0. The second kappa shape index (κ2) is 9.50. The Bertz CT molecular complexity index is 1310. The van der Waals surface area contributed by atoms with E-state index in [0.717, 1.165) is 17.9 Å². The maximum absolute atomic E-state index is 15.0. The molecule has 3 aromatic rings. The molecular weight excluding hydrogens is 511 g/mol. The maximum atomic E-state index is 15.0. The predicted molar refractivity (Wildman–Crippen MR) is 122 cm³/mol. The number of fused-ring (bicyclic) bond motifs is 1. The number of carbonyl (C=O) groups excluding carboxylic acids is 2. The minimum Gasteiger partial charge on any atom is -0.348 e. The molecule has 1 aliphatic rings. The summed E-state index contributed by atoms with van der Waals surface area (Å²) in [5.41, 5.74) is -0.436. The lowest BCUT2D eigenvalue weighted by molar-refractivity contribution is -0.124. The van der Waals surface area contributed by atoms with Crippen LogP contribution in [-0.4, -0.2) is 16.8 Å². The van der Waals surface area contributed by atoms with Crippen LogP contribution in [-0.2, 0) is 17.9 Å². The fourth-order valence-corrected chi connectivity index (χ4v) is 4.81. The molecule has 1 N–H and O–H groups in total. The molecule has 1 atom stereocenters. The highest BCUT2D eigenvalue weighted by Crippen LogP contribution is 2.47. The third-order valence-electron chi connectivity index (χ3n) is 5.35. The van der Waals surface area contributed by atoms with Gasteiger partial charge in [0.15, 0.2) is 0 Å². The minimum absolute atomic E-state index is 0.00725. The summed E-state index contributed by atoms with van der Waals surface area (Å²) >= 11 is 6.72. The van der Waals surface area contributed by atoms with Crippen molar-refractivity contribution in [2.75, 3.05) is 4.90 Å². The molecule has 0 bridgehead atoms. The monoisotopic (exact) mass is 526 g/mol. The van der Waals surface area contributed by atoms with E-state index in [4.69, 9.17) is 11.6 Å². The number of amides is 2. The molecule has 4 nitrogen and oxygen atoms in total. The number of hydrogen-bond donors (Lipinski definition) is 1. The van der Waals surface area contributed by atoms with Crippen molar-refractivity contribution in [3.63, 3.8) is 0 Å². The number of nitrogens with one attached hydrogen (secondary N) is 1. The second-order valence-electron chi connectivity index (χ2n) is 7.82. The molecule has 2 amide bonds. The Labute approximate surface area is 206 Å². The van der Waals surface area contributed by atoms with Gasteiger partial charge < -0.3 is 10.2 Å². The predicted octanol–water partition coefficient (Wildman–Crippen LogP) is 6.15. The number of thioether (sulfide) groups is 1. The average molecular weight is 527 g/mol. The average Bonchev–Trinajstić information content (AvgIpc) is 2.77. The molecule has 1 unspecified atom stereocenters. The largest absolute Gasteiger partial charge is 0.348 e. The summed E-state index contributed by atoms with van der Waals surface area (Å²) in [7, 11) is 0. The van der Waals surface area contributed by atoms with Gasteiger partial charge in [0.1, 0.15) is 23.3 Å². The molecule has 1 aliphatic heterocycles. The van der Waals surface area contributed by atoms with Crippen molar-refractivity contribution in [1.82, 2.24) is 5.32 Å². The minimum atomic E-state index is -2.36. The molecule has 11 heteroatoms. The van der Waals surface area contributed by atoms with E-state index in [1.54, 1.807) is 0 Å². The molecular formula is C24H16ClF5N2O2S. The van der Waals surface area contributed by atoms with Gasteiger partial charge in [-0.2, -0.15) is 0 Å². The first-order valence-electron chi connectivity index (χ1n) is 10.2. The summed E-state index contributed by atoms with van der Waals surface area (Å²) < 4.78 is 70.3. The third-order valence-corrected chi connectivity index (χ3v) is 6.83. The van der Waals surface area contributed by atoms with Crippen molar-refractivity contribution < 1.29 is 31.5 Å². The standard InChI is InChI=1S/C24H16ClF5N2O2S/c1-24(30)23(34)32(11-15-16(25)3-2-4-17(15)27)20-7-12(5-6-21(20)35-24)22(33)31-10-14-18(28)8-13(26)9-19(14)29/h2-9H,10-11H2,1H3,(H,31,33). The number of hydrogen-bond acceptors (Lipinski definition) is 3. The smallest absolute Gasteiger partial charge is 0.275 e. The molecule has 0 radical (unpaired) electrons. The number of alkyl halides is 1. The molecule has 4 rings (SSSR count). The highest BCUT2D eigenvalue weighted by Gasteiger charge is 2.44. The molecule has 0 fully saturated rings. The molecule has 3 aromatic carbocycles. The van der Waals surface area contributed by atoms with Crippen LogP contribution in [0.3, 0.4) is 0 Å². The Hall–Kier alpha value is -3.11. The molecule has 0 saturated heterocycles. The normalized spacial score (nSPS) is 17.3. The fraction of sp³-hybridized carbons (Fsp3) is 0.167. The second-order valence-corrected chi connectivity index (χ2v) is 9.64. The summed E-state index contributed by atoms with van der Waals surface area (Å²) in [6, 6.07) is 8.99. The Kier molecular flexibility index (Phi) is 6.79. The topological polar surface area (TPSA) is 49.4 Å². The van der Waals surface area contributed by atoms with Crippen LogP contribution in [0.4, 0.5) is 27.6 Å². The van der Waals surface area contributed by atoms with E-state index in [2.05, 4.69) is 5.32 Å². The van der Waals surface area contributed by atoms with E-state index in [1.807, 2.05) is 0 Å². The number of benzene rings is 3. The van der Waals surface area contributed by atoms with Gasteiger partial charge in [0.2, 0.25) is 5.00 Å². The molecule has 0 aliphatic carbocycles. The lowest BCUT2D eigenvalue weighted by Gasteiger charge is -2.36. The Morgan fingerprint density at radius 3 is 2.37 bits per heavy atom. The van der Waals surface area contributed by atoms with Crippen molar-refractivity contribution in [1.29, 1.82) is 0 Å². The summed E-state index contributed by atoms with van der Waals surface area (Å²) in [5, 5.41) is 0.00897. The molecule has 0 saturated carbocycles. The zero-order valence-electron chi connectivity index (χ0n) is 18.0. The van der Waals surface area contributed by atoms with E-state index in [-0.39, 0.29) is 21.8 Å². The van der Waals surface area contributed by atoms with Gasteiger partial charge >= 0.3 is 0 Å². The summed E-state index contributed by atoms with van der Waals surface area (Å²) in [4.78, 5) is 26.9. The number of anilines is 1. The van der Waals surface area contributed by atoms with Gasteiger partial charge in [-0.05, 0) is 37.3 Å². The van der Waals surface area contributed by atoms with Gasteiger partial charge in [-0.3, -0.25) is 9.59 Å². The lowest BCUT2D eigenvalue weighted by Crippen LogP contribution is -2.45. The summed E-state index contributed by atoms with van der Waals surface area (Å²) in [5.74, 6) is -5.84. The van der Waals surface area contributed by atoms with Gasteiger partial charge in [0.05, 0.1) is 12.2 Å². The Morgan fingerprint density at radius 1 is 1.03 bits per heavy atom.